The minimum absolute atomic E-state index is 0.367. The topological polar surface area (TPSA) is 26.8 Å². The van der Waals surface area contributed by atoms with E-state index in [9.17, 15) is 4.79 Å². The van der Waals surface area contributed by atoms with Gasteiger partial charge < -0.3 is 14.7 Å². The lowest BCUT2D eigenvalue weighted by atomic mass is 9.95. The van der Waals surface area contributed by atoms with E-state index in [1.807, 2.05) is 0 Å². The van der Waals surface area contributed by atoms with E-state index in [-0.39, 0.29) is 0 Å². The summed E-state index contributed by atoms with van der Waals surface area (Å²) in [5.74, 6) is 1.54. The Morgan fingerprint density at radius 3 is 2.35 bits per heavy atom. The number of likely N-dealkylation sites (tertiary alicyclic amines) is 2. The molecule has 2 heterocycles. The minimum atomic E-state index is 0.367. The molecule has 2 aliphatic carbocycles. The van der Waals surface area contributed by atoms with Gasteiger partial charge in [-0.15, -0.1) is 0 Å². The first kappa shape index (κ1) is 18.7. The molecule has 2 saturated heterocycles. The summed E-state index contributed by atoms with van der Waals surface area (Å²) in [5, 5.41) is 0. The minimum Gasteiger partial charge on any atom is -0.341 e. The molecule has 1 amide bonds. The van der Waals surface area contributed by atoms with Gasteiger partial charge in [-0.25, -0.2) is 0 Å². The highest BCUT2D eigenvalue weighted by molar-refractivity contribution is 5.81. The van der Waals surface area contributed by atoms with Gasteiger partial charge in [0.15, 0.2) is 0 Å². The van der Waals surface area contributed by atoms with Gasteiger partial charge in [0, 0.05) is 38.1 Å². The number of piperidine rings is 2. The van der Waals surface area contributed by atoms with Gasteiger partial charge in [-0.1, -0.05) is 19.3 Å². The van der Waals surface area contributed by atoms with Crippen LogP contribution in [0.25, 0.3) is 0 Å². The van der Waals surface area contributed by atoms with Crippen LogP contribution in [0.15, 0.2) is 0 Å². The fraction of sp³-hybridized carbons (Fsp3) is 0.955. The van der Waals surface area contributed by atoms with E-state index in [1.165, 1.54) is 84.0 Å². The normalized spacial score (nSPS) is 29.2. The molecule has 0 radical (unpaired) electrons. The molecule has 0 bridgehead atoms. The Balaban J connectivity index is 1.30. The van der Waals surface area contributed by atoms with Crippen molar-refractivity contribution in [2.75, 3.05) is 45.8 Å². The van der Waals surface area contributed by atoms with E-state index >= 15 is 0 Å². The summed E-state index contributed by atoms with van der Waals surface area (Å²) < 4.78 is 0. The monoisotopic (exact) mass is 361 g/mol. The molecule has 4 rings (SSSR count). The van der Waals surface area contributed by atoms with Crippen molar-refractivity contribution < 1.29 is 4.79 Å². The Hall–Kier alpha value is -0.610. The lowest BCUT2D eigenvalue weighted by Crippen LogP contribution is -2.48. The molecular weight excluding hydrogens is 322 g/mol. The zero-order valence-corrected chi connectivity index (χ0v) is 16.7. The quantitative estimate of drug-likeness (QED) is 0.696. The van der Waals surface area contributed by atoms with E-state index in [0.29, 0.717) is 17.7 Å². The lowest BCUT2D eigenvalue weighted by Gasteiger charge is -2.39. The maximum atomic E-state index is 12.9. The average molecular weight is 362 g/mol. The van der Waals surface area contributed by atoms with Crippen molar-refractivity contribution in [2.45, 2.75) is 76.7 Å². The number of nitrogens with zero attached hydrogens (tertiary/aromatic N) is 3. The highest BCUT2D eigenvalue weighted by Crippen LogP contribution is 2.32. The van der Waals surface area contributed by atoms with Crippen molar-refractivity contribution >= 4 is 5.91 Å². The molecule has 0 N–H and O–H groups in total. The van der Waals surface area contributed by atoms with Crippen LogP contribution in [-0.2, 0) is 4.79 Å². The molecule has 0 aromatic carbocycles. The van der Waals surface area contributed by atoms with Gasteiger partial charge in [0.2, 0.25) is 5.91 Å². The van der Waals surface area contributed by atoms with Crippen LogP contribution < -0.4 is 0 Å². The first-order valence-electron chi connectivity index (χ1n) is 11.5. The Bertz CT molecular complexity index is 452. The zero-order valence-electron chi connectivity index (χ0n) is 16.7. The number of carbonyl (C=O) groups excluding carboxylic acids is 1. The number of hydrogen-bond donors (Lipinski definition) is 0. The molecule has 4 fully saturated rings. The Morgan fingerprint density at radius 2 is 1.62 bits per heavy atom. The SMILES string of the molecule is O=C(C1CC1)N(CCN1CCCCC1)CC1CCCN(C2CCCC2)C1. The molecule has 1 atom stereocenters. The fourth-order valence-electron chi connectivity index (χ4n) is 5.48. The lowest BCUT2D eigenvalue weighted by molar-refractivity contribution is -0.133. The summed E-state index contributed by atoms with van der Waals surface area (Å²) in [6, 6.07) is 0.846. The first-order valence-corrected chi connectivity index (χ1v) is 11.5. The third kappa shape index (κ3) is 5.01. The van der Waals surface area contributed by atoms with E-state index in [2.05, 4.69) is 14.7 Å². The molecule has 0 spiro atoms. The highest BCUT2D eigenvalue weighted by Gasteiger charge is 2.35. The third-order valence-corrected chi connectivity index (χ3v) is 7.24. The van der Waals surface area contributed by atoms with Crippen LogP contribution in [0, 0.1) is 11.8 Å². The molecule has 4 nitrogen and oxygen atoms in total. The molecule has 0 aromatic rings. The summed E-state index contributed by atoms with van der Waals surface area (Å²) in [5.41, 5.74) is 0. The average Bonchev–Trinajstić information content (AvgIpc) is 3.39. The Labute approximate surface area is 160 Å². The van der Waals surface area contributed by atoms with Crippen molar-refractivity contribution in [2.24, 2.45) is 11.8 Å². The first-order chi connectivity index (χ1) is 12.8. The fourth-order valence-corrected chi connectivity index (χ4v) is 5.48. The van der Waals surface area contributed by atoms with Crippen LogP contribution >= 0.6 is 0 Å². The van der Waals surface area contributed by atoms with Gasteiger partial charge >= 0.3 is 0 Å². The summed E-state index contributed by atoms with van der Waals surface area (Å²) >= 11 is 0. The van der Waals surface area contributed by atoms with E-state index in [1.54, 1.807) is 0 Å². The third-order valence-electron chi connectivity index (χ3n) is 7.24. The van der Waals surface area contributed by atoms with Crippen LogP contribution in [0.1, 0.15) is 70.6 Å². The number of hydrogen-bond acceptors (Lipinski definition) is 3. The maximum Gasteiger partial charge on any atom is 0.225 e. The summed E-state index contributed by atoms with van der Waals surface area (Å²) in [6.07, 6.45) is 14.7. The van der Waals surface area contributed by atoms with Crippen LogP contribution in [0.4, 0.5) is 0 Å². The predicted molar refractivity (Wildman–Crippen MR) is 106 cm³/mol. The van der Waals surface area contributed by atoms with Gasteiger partial charge in [-0.05, 0) is 76.9 Å². The van der Waals surface area contributed by atoms with Gasteiger partial charge in [-0.2, -0.15) is 0 Å². The van der Waals surface area contributed by atoms with Gasteiger partial charge in [0.05, 0.1) is 0 Å². The summed E-state index contributed by atoms with van der Waals surface area (Å²) in [4.78, 5) is 20.5. The standard InChI is InChI=1S/C22H39N3O/c26-22(20-10-11-20)25(16-15-23-12-4-1-5-13-23)18-19-7-6-14-24(17-19)21-8-2-3-9-21/h19-21H,1-18H2. The van der Waals surface area contributed by atoms with E-state index in [4.69, 9.17) is 0 Å². The second-order valence-electron chi connectivity index (χ2n) is 9.40. The van der Waals surface area contributed by atoms with Crippen molar-refractivity contribution in [1.82, 2.24) is 14.7 Å². The van der Waals surface area contributed by atoms with Crippen LogP contribution in [0.3, 0.4) is 0 Å². The largest absolute Gasteiger partial charge is 0.341 e. The smallest absolute Gasteiger partial charge is 0.225 e. The molecule has 1 unspecified atom stereocenters. The second kappa shape index (κ2) is 9.05. The van der Waals surface area contributed by atoms with Crippen molar-refractivity contribution in [3.8, 4) is 0 Å². The van der Waals surface area contributed by atoms with Gasteiger partial charge in [-0.3, -0.25) is 4.79 Å². The summed E-state index contributed by atoms with van der Waals surface area (Å²) in [6.45, 7) is 8.10. The Morgan fingerprint density at radius 1 is 0.846 bits per heavy atom. The van der Waals surface area contributed by atoms with Crippen LogP contribution in [0.2, 0.25) is 0 Å². The molecule has 0 aromatic heterocycles. The van der Waals surface area contributed by atoms with Crippen LogP contribution in [-0.4, -0.2) is 72.5 Å². The van der Waals surface area contributed by atoms with Crippen molar-refractivity contribution in [1.29, 1.82) is 0 Å². The number of carbonyl (C=O) groups is 1. The molecule has 2 aliphatic heterocycles. The molecule has 2 saturated carbocycles. The van der Waals surface area contributed by atoms with Crippen LogP contribution in [0.5, 0.6) is 0 Å². The van der Waals surface area contributed by atoms with Crippen molar-refractivity contribution in [3.63, 3.8) is 0 Å². The molecule has 26 heavy (non-hydrogen) atoms. The van der Waals surface area contributed by atoms with E-state index < -0.39 is 0 Å². The number of rotatable bonds is 7. The van der Waals surface area contributed by atoms with Crippen molar-refractivity contribution in [3.05, 3.63) is 0 Å². The highest BCUT2D eigenvalue weighted by atomic mass is 16.2. The summed E-state index contributed by atoms with van der Waals surface area (Å²) in [7, 11) is 0. The molecule has 148 valence electrons. The van der Waals surface area contributed by atoms with Gasteiger partial charge in [0.1, 0.15) is 0 Å². The molecule has 4 aliphatic rings. The number of amides is 1. The van der Waals surface area contributed by atoms with E-state index in [0.717, 1.165) is 38.5 Å². The predicted octanol–water partition coefficient (Wildman–Crippen LogP) is 3.37. The second-order valence-corrected chi connectivity index (χ2v) is 9.40. The zero-order chi connectivity index (χ0) is 17.8. The van der Waals surface area contributed by atoms with Gasteiger partial charge in [0.25, 0.3) is 0 Å². The molecular formula is C22H39N3O. The molecule has 4 heteroatoms. The maximum absolute atomic E-state index is 12.9. The Kier molecular flexibility index (Phi) is 6.53.